The molecule has 2 aromatic rings. The number of nitrogens with zero attached hydrogens (tertiary/aromatic N) is 1. The van der Waals surface area contributed by atoms with Crippen LogP contribution in [-0.2, 0) is 13.2 Å². The maximum atomic E-state index is 6.03. The third kappa shape index (κ3) is 6.63. The van der Waals surface area contributed by atoms with Gasteiger partial charge in [0.15, 0.2) is 11.5 Å². The molecule has 0 atom stereocenters. The van der Waals surface area contributed by atoms with Crippen molar-refractivity contribution in [3.05, 3.63) is 57.6 Å². The van der Waals surface area contributed by atoms with Gasteiger partial charge in [0.05, 0.1) is 6.61 Å². The van der Waals surface area contributed by atoms with Crippen LogP contribution in [0.5, 0.6) is 11.5 Å². The van der Waals surface area contributed by atoms with E-state index in [1.54, 1.807) is 0 Å². The molecular weight excluding hydrogens is 392 g/mol. The predicted molar refractivity (Wildman–Crippen MR) is 111 cm³/mol. The molecule has 0 aliphatic rings. The van der Waals surface area contributed by atoms with Crippen molar-refractivity contribution in [2.24, 2.45) is 0 Å². The number of ether oxygens (including phenoxy) is 2. The van der Waals surface area contributed by atoms with Crippen molar-refractivity contribution in [3.8, 4) is 11.5 Å². The lowest BCUT2D eigenvalue weighted by Gasteiger charge is -2.16. The topological polar surface area (TPSA) is 33.7 Å². The second-order valence-corrected chi connectivity index (χ2v) is 7.43. The quantitative estimate of drug-likeness (QED) is 0.577. The number of benzene rings is 2. The lowest BCUT2D eigenvalue weighted by Crippen LogP contribution is -2.26. The maximum absolute atomic E-state index is 6.03. The van der Waals surface area contributed by atoms with Gasteiger partial charge in [0.1, 0.15) is 6.61 Å². The maximum Gasteiger partial charge on any atom is 0.162 e. The first-order valence-electron chi connectivity index (χ1n) is 8.98. The highest BCUT2D eigenvalue weighted by molar-refractivity contribution is 9.10. The standard InChI is InChI=1S/C21H29BrN2O2/c1-5-25-20-12-18(14-23-10-11-24(3)4)19(22)13-21(20)26-15-17-8-6-16(2)7-9-17/h6-9,12-13,23H,5,10-11,14-15H2,1-4H3. The van der Waals surface area contributed by atoms with Crippen LogP contribution in [0.1, 0.15) is 23.6 Å². The van der Waals surface area contributed by atoms with Crippen LogP contribution in [0, 0.1) is 6.92 Å². The van der Waals surface area contributed by atoms with E-state index in [2.05, 4.69) is 77.5 Å². The molecule has 0 bridgehead atoms. The SMILES string of the molecule is CCOc1cc(CNCCN(C)C)c(Br)cc1OCc1ccc(C)cc1. The highest BCUT2D eigenvalue weighted by Crippen LogP contribution is 2.34. The normalized spacial score (nSPS) is 11.0. The summed E-state index contributed by atoms with van der Waals surface area (Å²) in [7, 11) is 4.15. The van der Waals surface area contributed by atoms with Crippen LogP contribution in [0.15, 0.2) is 40.9 Å². The third-order valence-electron chi connectivity index (χ3n) is 3.98. The average Bonchev–Trinajstić information content (AvgIpc) is 2.61. The summed E-state index contributed by atoms with van der Waals surface area (Å²) in [6, 6.07) is 12.4. The molecule has 0 saturated heterocycles. The Bertz CT molecular complexity index is 687. The first-order chi connectivity index (χ1) is 12.5. The molecular formula is C21H29BrN2O2. The first-order valence-corrected chi connectivity index (χ1v) is 9.78. The molecule has 26 heavy (non-hydrogen) atoms. The fourth-order valence-electron chi connectivity index (χ4n) is 2.46. The summed E-state index contributed by atoms with van der Waals surface area (Å²) in [6.45, 7) is 7.93. The van der Waals surface area contributed by atoms with Crippen LogP contribution >= 0.6 is 15.9 Å². The van der Waals surface area contributed by atoms with Gasteiger partial charge in [0.25, 0.3) is 0 Å². The summed E-state index contributed by atoms with van der Waals surface area (Å²) in [5.41, 5.74) is 3.55. The zero-order chi connectivity index (χ0) is 18.9. The Hall–Kier alpha value is -1.56. The largest absolute Gasteiger partial charge is 0.490 e. The van der Waals surface area contributed by atoms with Gasteiger partial charge < -0.3 is 19.7 Å². The van der Waals surface area contributed by atoms with Crippen molar-refractivity contribution in [1.82, 2.24) is 10.2 Å². The minimum absolute atomic E-state index is 0.521. The summed E-state index contributed by atoms with van der Waals surface area (Å²) in [4.78, 5) is 2.16. The van der Waals surface area contributed by atoms with Crippen LogP contribution in [0.3, 0.4) is 0 Å². The number of aryl methyl sites for hydroxylation is 1. The van der Waals surface area contributed by atoms with Gasteiger partial charge in [-0.25, -0.2) is 0 Å². The van der Waals surface area contributed by atoms with E-state index < -0.39 is 0 Å². The summed E-state index contributed by atoms with van der Waals surface area (Å²) in [5, 5.41) is 3.46. The molecule has 0 aliphatic heterocycles. The molecule has 0 fully saturated rings. The zero-order valence-corrected chi connectivity index (χ0v) is 17.7. The Balaban J connectivity index is 2.05. The molecule has 0 spiro atoms. The van der Waals surface area contributed by atoms with Crippen LogP contribution in [0.2, 0.25) is 0 Å². The third-order valence-corrected chi connectivity index (χ3v) is 4.72. The van der Waals surface area contributed by atoms with Crippen molar-refractivity contribution in [2.75, 3.05) is 33.8 Å². The lowest BCUT2D eigenvalue weighted by molar-refractivity contribution is 0.269. The van der Waals surface area contributed by atoms with Gasteiger partial charge in [-0.1, -0.05) is 45.8 Å². The monoisotopic (exact) mass is 420 g/mol. The Labute approximate surface area is 165 Å². The van der Waals surface area contributed by atoms with Crippen LogP contribution in [-0.4, -0.2) is 38.7 Å². The van der Waals surface area contributed by atoms with Crippen molar-refractivity contribution in [1.29, 1.82) is 0 Å². The van der Waals surface area contributed by atoms with Crippen molar-refractivity contribution < 1.29 is 9.47 Å². The Morgan fingerprint density at radius 2 is 1.73 bits per heavy atom. The Morgan fingerprint density at radius 1 is 1.04 bits per heavy atom. The molecule has 0 heterocycles. The molecule has 2 aromatic carbocycles. The van der Waals surface area contributed by atoms with E-state index in [0.29, 0.717) is 13.2 Å². The van der Waals surface area contributed by atoms with E-state index in [-0.39, 0.29) is 0 Å². The summed E-state index contributed by atoms with van der Waals surface area (Å²) >= 11 is 3.66. The van der Waals surface area contributed by atoms with Crippen molar-refractivity contribution >= 4 is 15.9 Å². The van der Waals surface area contributed by atoms with Gasteiger partial charge in [0, 0.05) is 24.1 Å². The number of likely N-dealkylation sites (N-methyl/N-ethyl adjacent to an activating group) is 1. The Kier molecular flexibility index (Phi) is 8.42. The van der Waals surface area contributed by atoms with E-state index in [9.17, 15) is 0 Å². The van der Waals surface area contributed by atoms with Crippen LogP contribution in [0.4, 0.5) is 0 Å². The average molecular weight is 421 g/mol. The van der Waals surface area contributed by atoms with Gasteiger partial charge in [-0.3, -0.25) is 0 Å². The minimum Gasteiger partial charge on any atom is -0.490 e. The fraction of sp³-hybridized carbons (Fsp3) is 0.429. The molecule has 0 amide bonds. The molecule has 0 saturated carbocycles. The summed E-state index contributed by atoms with van der Waals surface area (Å²) in [5.74, 6) is 1.54. The van der Waals surface area contributed by atoms with E-state index in [1.807, 2.05) is 13.0 Å². The molecule has 1 N–H and O–H groups in total. The number of hydrogen-bond donors (Lipinski definition) is 1. The van der Waals surface area contributed by atoms with E-state index in [1.165, 1.54) is 5.56 Å². The molecule has 0 aromatic heterocycles. The van der Waals surface area contributed by atoms with E-state index in [0.717, 1.165) is 46.7 Å². The second kappa shape index (κ2) is 10.6. The van der Waals surface area contributed by atoms with Crippen molar-refractivity contribution in [2.45, 2.75) is 27.0 Å². The summed E-state index contributed by atoms with van der Waals surface area (Å²) in [6.07, 6.45) is 0. The fourth-order valence-corrected chi connectivity index (χ4v) is 2.93. The molecule has 0 radical (unpaired) electrons. The van der Waals surface area contributed by atoms with Gasteiger partial charge in [-0.2, -0.15) is 0 Å². The molecule has 5 heteroatoms. The highest BCUT2D eigenvalue weighted by atomic mass is 79.9. The molecule has 0 unspecified atom stereocenters. The molecule has 2 rings (SSSR count). The van der Waals surface area contributed by atoms with Gasteiger partial charge >= 0.3 is 0 Å². The lowest BCUT2D eigenvalue weighted by atomic mass is 10.1. The Morgan fingerprint density at radius 3 is 2.38 bits per heavy atom. The highest BCUT2D eigenvalue weighted by Gasteiger charge is 2.11. The number of halogens is 1. The molecule has 142 valence electrons. The predicted octanol–water partition coefficient (Wildman–Crippen LogP) is 4.39. The smallest absolute Gasteiger partial charge is 0.162 e. The zero-order valence-electron chi connectivity index (χ0n) is 16.1. The molecule has 4 nitrogen and oxygen atoms in total. The van der Waals surface area contributed by atoms with Gasteiger partial charge in [-0.05, 0) is 51.2 Å². The van der Waals surface area contributed by atoms with Gasteiger partial charge in [-0.15, -0.1) is 0 Å². The van der Waals surface area contributed by atoms with Gasteiger partial charge in [0.2, 0.25) is 0 Å². The first kappa shape index (κ1) is 20.7. The summed E-state index contributed by atoms with van der Waals surface area (Å²) < 4.78 is 12.9. The molecule has 0 aliphatic carbocycles. The number of nitrogens with one attached hydrogen (secondary N) is 1. The van der Waals surface area contributed by atoms with E-state index in [4.69, 9.17) is 9.47 Å². The number of rotatable bonds is 10. The number of hydrogen-bond acceptors (Lipinski definition) is 4. The van der Waals surface area contributed by atoms with Crippen LogP contribution in [0.25, 0.3) is 0 Å². The second-order valence-electron chi connectivity index (χ2n) is 6.58. The van der Waals surface area contributed by atoms with Crippen molar-refractivity contribution in [3.63, 3.8) is 0 Å². The minimum atomic E-state index is 0.521. The van der Waals surface area contributed by atoms with Crippen LogP contribution < -0.4 is 14.8 Å². The van der Waals surface area contributed by atoms with E-state index >= 15 is 0 Å².